The van der Waals surface area contributed by atoms with Gasteiger partial charge in [0.1, 0.15) is 5.54 Å². The summed E-state index contributed by atoms with van der Waals surface area (Å²) in [4.78, 5) is 23.7. The summed E-state index contributed by atoms with van der Waals surface area (Å²) < 4.78 is 2.20. The number of halogens is 2. The van der Waals surface area contributed by atoms with Gasteiger partial charge in [0.2, 0.25) is 5.91 Å². The van der Waals surface area contributed by atoms with Crippen molar-refractivity contribution in [1.29, 1.82) is 0 Å². The quantitative estimate of drug-likeness (QED) is 0.465. The van der Waals surface area contributed by atoms with Gasteiger partial charge in [-0.05, 0) is 75.7 Å². The van der Waals surface area contributed by atoms with Crippen LogP contribution in [0.5, 0.6) is 0 Å². The molecule has 6 heteroatoms. The fourth-order valence-corrected chi connectivity index (χ4v) is 3.70. The van der Waals surface area contributed by atoms with Gasteiger partial charge in [-0.25, -0.2) is 4.79 Å². The van der Waals surface area contributed by atoms with Crippen LogP contribution in [0.3, 0.4) is 0 Å². The Morgan fingerprint density at radius 1 is 1.18 bits per heavy atom. The lowest BCUT2D eigenvalue weighted by Crippen LogP contribution is -2.55. The van der Waals surface area contributed by atoms with E-state index in [9.17, 15) is 14.7 Å². The number of amides is 1. The second-order valence-corrected chi connectivity index (χ2v) is 7.65. The number of nitrogens with one attached hydrogen (secondary N) is 1. The first kappa shape index (κ1) is 17.7. The van der Waals surface area contributed by atoms with Crippen molar-refractivity contribution >= 4 is 63.1 Å². The highest BCUT2D eigenvalue weighted by atomic mass is 127. The summed E-state index contributed by atoms with van der Waals surface area (Å²) in [7, 11) is 0. The molecule has 118 valence electrons. The van der Waals surface area contributed by atoms with E-state index in [1.54, 1.807) is 6.08 Å². The van der Waals surface area contributed by atoms with Crippen LogP contribution in [0.25, 0.3) is 6.08 Å². The van der Waals surface area contributed by atoms with Gasteiger partial charge in [0.15, 0.2) is 0 Å². The fraction of sp³-hybridized carbons (Fsp3) is 0.375. The standard InChI is InChI=1S/C16H17I2NO3/c17-12-6-4-5-11(14(12)18)7-8-13(20)19-16(15(21)22)9-2-1-3-10-16/h4-8H,1-3,9-10H2,(H,19,20)(H,21,22). The molecular weight excluding hydrogens is 508 g/mol. The first-order chi connectivity index (χ1) is 10.4. The molecule has 0 bridgehead atoms. The zero-order chi connectivity index (χ0) is 16.2. The summed E-state index contributed by atoms with van der Waals surface area (Å²) in [6.45, 7) is 0. The van der Waals surface area contributed by atoms with E-state index in [4.69, 9.17) is 0 Å². The minimum atomic E-state index is -1.10. The number of rotatable bonds is 4. The van der Waals surface area contributed by atoms with Crippen LogP contribution >= 0.6 is 45.2 Å². The van der Waals surface area contributed by atoms with Crippen LogP contribution < -0.4 is 5.32 Å². The highest BCUT2D eigenvalue weighted by molar-refractivity contribution is 14.1. The molecule has 0 saturated heterocycles. The van der Waals surface area contributed by atoms with Crippen LogP contribution in [0.15, 0.2) is 24.3 Å². The molecule has 1 amide bonds. The van der Waals surface area contributed by atoms with Crippen molar-refractivity contribution in [2.45, 2.75) is 37.6 Å². The summed E-state index contributed by atoms with van der Waals surface area (Å²) in [5, 5.41) is 12.2. The van der Waals surface area contributed by atoms with E-state index in [0.29, 0.717) is 12.8 Å². The number of carboxylic acid groups (broad SMARTS) is 1. The molecule has 0 radical (unpaired) electrons. The molecule has 22 heavy (non-hydrogen) atoms. The molecule has 0 heterocycles. The third-order valence-corrected chi connectivity index (χ3v) is 7.01. The molecule has 1 aliphatic rings. The Labute approximate surface area is 157 Å². The zero-order valence-corrected chi connectivity index (χ0v) is 16.3. The number of benzene rings is 1. The van der Waals surface area contributed by atoms with Gasteiger partial charge in [0.25, 0.3) is 0 Å². The van der Waals surface area contributed by atoms with E-state index in [2.05, 4.69) is 50.5 Å². The van der Waals surface area contributed by atoms with Crippen LogP contribution in [0.4, 0.5) is 0 Å². The van der Waals surface area contributed by atoms with Crippen molar-refractivity contribution in [3.63, 3.8) is 0 Å². The number of hydrogen-bond donors (Lipinski definition) is 2. The van der Waals surface area contributed by atoms with E-state index in [-0.39, 0.29) is 5.91 Å². The van der Waals surface area contributed by atoms with E-state index < -0.39 is 11.5 Å². The van der Waals surface area contributed by atoms with Crippen LogP contribution in [0, 0.1) is 7.14 Å². The highest BCUT2D eigenvalue weighted by Gasteiger charge is 2.40. The number of hydrogen-bond acceptors (Lipinski definition) is 2. The molecule has 0 aromatic heterocycles. The highest BCUT2D eigenvalue weighted by Crippen LogP contribution is 2.28. The molecule has 1 aromatic carbocycles. The second kappa shape index (κ2) is 7.76. The SMILES string of the molecule is O=C(C=Cc1cccc(I)c1I)NC1(C(=O)O)CCCCC1. The minimum absolute atomic E-state index is 0.348. The van der Waals surface area contributed by atoms with Crippen LogP contribution in [-0.2, 0) is 9.59 Å². The largest absolute Gasteiger partial charge is 0.480 e. The maximum Gasteiger partial charge on any atom is 0.329 e. The summed E-state index contributed by atoms with van der Waals surface area (Å²) in [5.41, 5.74) is -0.145. The summed E-state index contributed by atoms with van der Waals surface area (Å²) >= 11 is 4.48. The van der Waals surface area contributed by atoms with Gasteiger partial charge in [-0.3, -0.25) is 4.79 Å². The average molecular weight is 525 g/mol. The molecule has 2 rings (SSSR count). The summed E-state index contributed by atoms with van der Waals surface area (Å²) in [5.74, 6) is -1.28. The van der Waals surface area contributed by atoms with Gasteiger partial charge < -0.3 is 10.4 Å². The minimum Gasteiger partial charge on any atom is -0.480 e. The van der Waals surface area contributed by atoms with E-state index in [0.717, 1.165) is 32.0 Å². The molecule has 4 nitrogen and oxygen atoms in total. The number of carbonyl (C=O) groups excluding carboxylic acids is 1. The number of carboxylic acids is 1. The topological polar surface area (TPSA) is 66.4 Å². The van der Waals surface area contributed by atoms with Crippen molar-refractivity contribution in [2.75, 3.05) is 0 Å². The lowest BCUT2D eigenvalue weighted by atomic mass is 9.81. The Morgan fingerprint density at radius 2 is 1.86 bits per heavy atom. The smallest absolute Gasteiger partial charge is 0.329 e. The van der Waals surface area contributed by atoms with E-state index >= 15 is 0 Å². The molecule has 1 aliphatic carbocycles. The Hall–Kier alpha value is -0.640. The third-order valence-electron chi connectivity index (χ3n) is 3.87. The average Bonchev–Trinajstić information content (AvgIpc) is 2.49. The lowest BCUT2D eigenvalue weighted by molar-refractivity contribution is -0.148. The summed E-state index contributed by atoms with van der Waals surface area (Å²) in [6.07, 6.45) is 6.87. The van der Waals surface area contributed by atoms with Gasteiger partial charge >= 0.3 is 5.97 Å². The predicted octanol–water partition coefficient (Wildman–Crippen LogP) is 3.81. The van der Waals surface area contributed by atoms with Crippen LogP contribution in [-0.4, -0.2) is 22.5 Å². The second-order valence-electron chi connectivity index (χ2n) is 5.41. The molecule has 0 atom stereocenters. The summed E-state index contributed by atoms with van der Waals surface area (Å²) in [6, 6.07) is 5.86. The monoisotopic (exact) mass is 525 g/mol. The van der Waals surface area contributed by atoms with Crippen molar-refractivity contribution < 1.29 is 14.7 Å². The number of carbonyl (C=O) groups is 2. The van der Waals surface area contributed by atoms with E-state index in [1.165, 1.54) is 6.08 Å². The maximum absolute atomic E-state index is 12.1. The normalized spacial score (nSPS) is 17.4. The van der Waals surface area contributed by atoms with Gasteiger partial charge in [-0.2, -0.15) is 0 Å². The van der Waals surface area contributed by atoms with Gasteiger partial charge in [0.05, 0.1) is 0 Å². The Bertz CT molecular complexity index is 607. The maximum atomic E-state index is 12.1. The Kier molecular flexibility index (Phi) is 6.25. The van der Waals surface area contributed by atoms with Crippen LogP contribution in [0.2, 0.25) is 0 Å². The van der Waals surface area contributed by atoms with Crippen molar-refractivity contribution in [3.8, 4) is 0 Å². The zero-order valence-electron chi connectivity index (χ0n) is 11.9. The van der Waals surface area contributed by atoms with Crippen molar-refractivity contribution in [3.05, 3.63) is 37.0 Å². The Morgan fingerprint density at radius 3 is 2.50 bits per heavy atom. The molecule has 1 fully saturated rings. The number of aliphatic carboxylic acids is 1. The van der Waals surface area contributed by atoms with E-state index in [1.807, 2.05) is 18.2 Å². The molecule has 1 saturated carbocycles. The molecule has 2 N–H and O–H groups in total. The molecule has 0 aliphatic heterocycles. The molecule has 1 aromatic rings. The van der Waals surface area contributed by atoms with Crippen molar-refractivity contribution in [1.82, 2.24) is 5.32 Å². The van der Waals surface area contributed by atoms with Gasteiger partial charge in [0, 0.05) is 13.2 Å². The third kappa shape index (κ3) is 4.21. The Balaban J connectivity index is 2.10. The van der Waals surface area contributed by atoms with Crippen molar-refractivity contribution in [2.24, 2.45) is 0 Å². The molecular formula is C16H17I2NO3. The van der Waals surface area contributed by atoms with Crippen LogP contribution in [0.1, 0.15) is 37.7 Å². The lowest BCUT2D eigenvalue weighted by Gasteiger charge is -2.33. The first-order valence-electron chi connectivity index (χ1n) is 7.12. The van der Waals surface area contributed by atoms with Gasteiger partial charge in [-0.1, -0.05) is 31.4 Å². The fourth-order valence-electron chi connectivity index (χ4n) is 2.64. The first-order valence-corrected chi connectivity index (χ1v) is 9.28. The molecule has 0 unspecified atom stereocenters. The predicted molar refractivity (Wildman–Crippen MR) is 103 cm³/mol. The van der Waals surface area contributed by atoms with Gasteiger partial charge in [-0.15, -0.1) is 0 Å². The molecule has 0 spiro atoms.